The second kappa shape index (κ2) is 12.8. The molecule has 2 N–H and O–H groups in total. The van der Waals surface area contributed by atoms with Crippen LogP contribution in [0.3, 0.4) is 0 Å². The highest BCUT2D eigenvalue weighted by molar-refractivity contribution is 5.89. The van der Waals surface area contributed by atoms with Crippen LogP contribution in [0, 0.1) is 11.8 Å². The topological polar surface area (TPSA) is 74.6 Å². The summed E-state index contributed by atoms with van der Waals surface area (Å²) >= 11 is 0. The number of unbranched alkanes of at least 4 members (excludes halogenated alkanes) is 3. The summed E-state index contributed by atoms with van der Waals surface area (Å²) in [5, 5.41) is 18.7. The second-order valence-corrected chi connectivity index (χ2v) is 6.54. The quantitative estimate of drug-likeness (QED) is 0.326. The lowest BCUT2D eigenvalue weighted by atomic mass is 9.83. The van der Waals surface area contributed by atoms with E-state index in [1.807, 2.05) is 0 Å². The van der Waals surface area contributed by atoms with E-state index in [0.29, 0.717) is 24.3 Å². The number of carboxylic acid groups (broad SMARTS) is 2. The summed E-state index contributed by atoms with van der Waals surface area (Å²) in [6, 6.07) is 0. The SMILES string of the molecule is C=C(C(=O)O)C(C=C(CCCCC)C(=O)O)CC(CC)CCCC. The van der Waals surface area contributed by atoms with Crippen LogP contribution < -0.4 is 0 Å². The number of aliphatic carboxylic acids is 2. The van der Waals surface area contributed by atoms with Crippen LogP contribution in [0.1, 0.15) is 78.6 Å². The van der Waals surface area contributed by atoms with Gasteiger partial charge in [-0.15, -0.1) is 0 Å². The zero-order valence-corrected chi connectivity index (χ0v) is 15.5. The molecule has 0 rings (SSSR count). The Balaban J connectivity index is 5.27. The predicted octanol–water partition coefficient (Wildman–Crippen LogP) is 5.44. The van der Waals surface area contributed by atoms with Crippen molar-refractivity contribution in [3.63, 3.8) is 0 Å². The third-order valence-corrected chi connectivity index (χ3v) is 4.58. The predicted molar refractivity (Wildman–Crippen MR) is 98.0 cm³/mol. The fourth-order valence-electron chi connectivity index (χ4n) is 2.88. The summed E-state index contributed by atoms with van der Waals surface area (Å²) in [5.74, 6) is -2.00. The molecule has 0 spiro atoms. The average Bonchev–Trinajstić information content (AvgIpc) is 2.55. The first kappa shape index (κ1) is 22.4. The molecule has 0 aromatic heterocycles. The number of rotatable bonds is 14. The highest BCUT2D eigenvalue weighted by Gasteiger charge is 2.22. The van der Waals surface area contributed by atoms with E-state index in [2.05, 4.69) is 27.4 Å². The fraction of sp³-hybridized carbons (Fsp3) is 0.700. The first-order valence-corrected chi connectivity index (χ1v) is 9.23. The van der Waals surface area contributed by atoms with Crippen molar-refractivity contribution in [2.45, 2.75) is 78.6 Å². The van der Waals surface area contributed by atoms with Crippen LogP contribution >= 0.6 is 0 Å². The van der Waals surface area contributed by atoms with Gasteiger partial charge in [-0.3, -0.25) is 0 Å². The highest BCUT2D eigenvalue weighted by Crippen LogP contribution is 2.28. The fourth-order valence-corrected chi connectivity index (χ4v) is 2.88. The molecule has 0 aromatic carbocycles. The van der Waals surface area contributed by atoms with Gasteiger partial charge >= 0.3 is 11.9 Å². The van der Waals surface area contributed by atoms with Crippen LogP contribution in [-0.4, -0.2) is 22.2 Å². The molecule has 0 radical (unpaired) electrons. The van der Waals surface area contributed by atoms with Gasteiger partial charge in [0.2, 0.25) is 0 Å². The zero-order chi connectivity index (χ0) is 18.5. The van der Waals surface area contributed by atoms with E-state index in [4.69, 9.17) is 0 Å². The number of hydrogen-bond acceptors (Lipinski definition) is 2. The summed E-state index contributed by atoms with van der Waals surface area (Å²) in [4.78, 5) is 22.9. The van der Waals surface area contributed by atoms with Crippen LogP contribution in [0.25, 0.3) is 0 Å². The summed E-state index contributed by atoms with van der Waals surface area (Å²) in [6.07, 6.45) is 9.82. The molecule has 0 saturated carbocycles. The number of carboxylic acids is 2. The summed E-state index contributed by atoms with van der Waals surface area (Å²) in [5.41, 5.74) is 0.417. The Morgan fingerprint density at radius 3 is 2.08 bits per heavy atom. The standard InChI is InChI=1S/C20H34O4/c1-5-8-10-12-17(20(23)24)14-18(15(4)19(21)22)13-16(7-3)11-9-6-2/h14,16,18H,4-13H2,1-3H3,(H,21,22)(H,23,24). The van der Waals surface area contributed by atoms with Crippen molar-refractivity contribution in [3.05, 3.63) is 23.8 Å². The Labute approximate surface area is 146 Å². The van der Waals surface area contributed by atoms with Crippen molar-refractivity contribution in [3.8, 4) is 0 Å². The highest BCUT2D eigenvalue weighted by atomic mass is 16.4. The molecule has 0 aliphatic carbocycles. The van der Waals surface area contributed by atoms with E-state index >= 15 is 0 Å². The van der Waals surface area contributed by atoms with Gasteiger partial charge in [0.25, 0.3) is 0 Å². The van der Waals surface area contributed by atoms with Crippen LogP contribution in [0.4, 0.5) is 0 Å². The number of hydrogen-bond donors (Lipinski definition) is 2. The lowest BCUT2D eigenvalue weighted by Gasteiger charge is -2.21. The second-order valence-electron chi connectivity index (χ2n) is 6.54. The normalized spacial score (nSPS) is 14.2. The maximum Gasteiger partial charge on any atom is 0.331 e. The molecular formula is C20H34O4. The van der Waals surface area contributed by atoms with Crippen molar-refractivity contribution >= 4 is 11.9 Å². The van der Waals surface area contributed by atoms with Crippen molar-refractivity contribution in [1.82, 2.24) is 0 Å². The molecule has 0 saturated heterocycles. The molecule has 4 nitrogen and oxygen atoms in total. The Morgan fingerprint density at radius 2 is 1.62 bits per heavy atom. The zero-order valence-electron chi connectivity index (χ0n) is 15.5. The Bertz CT molecular complexity index is 437. The monoisotopic (exact) mass is 338 g/mol. The first-order valence-electron chi connectivity index (χ1n) is 9.23. The van der Waals surface area contributed by atoms with Gasteiger partial charge < -0.3 is 10.2 Å². The van der Waals surface area contributed by atoms with Gasteiger partial charge in [0, 0.05) is 17.1 Å². The smallest absolute Gasteiger partial charge is 0.331 e. The largest absolute Gasteiger partial charge is 0.478 e. The van der Waals surface area contributed by atoms with E-state index < -0.39 is 17.9 Å². The van der Waals surface area contributed by atoms with Gasteiger partial charge in [0.05, 0.1) is 0 Å². The van der Waals surface area contributed by atoms with E-state index in [1.165, 1.54) is 0 Å². The lowest BCUT2D eigenvalue weighted by Crippen LogP contribution is -2.16. The number of allylic oxidation sites excluding steroid dienone is 1. The molecule has 138 valence electrons. The van der Waals surface area contributed by atoms with E-state index in [9.17, 15) is 19.8 Å². The average molecular weight is 338 g/mol. The Hall–Kier alpha value is -1.58. The minimum absolute atomic E-state index is 0.0965. The molecule has 0 aliphatic rings. The molecule has 24 heavy (non-hydrogen) atoms. The summed E-state index contributed by atoms with van der Waals surface area (Å²) in [7, 11) is 0. The third-order valence-electron chi connectivity index (χ3n) is 4.58. The third kappa shape index (κ3) is 8.90. The molecule has 0 bridgehead atoms. The van der Waals surface area contributed by atoms with Crippen molar-refractivity contribution in [2.24, 2.45) is 11.8 Å². The molecule has 0 amide bonds. The van der Waals surface area contributed by atoms with Crippen molar-refractivity contribution in [2.75, 3.05) is 0 Å². The van der Waals surface area contributed by atoms with Gasteiger partial charge in [0.15, 0.2) is 0 Å². The van der Waals surface area contributed by atoms with Gasteiger partial charge in [-0.1, -0.05) is 72.0 Å². The first-order chi connectivity index (χ1) is 11.4. The lowest BCUT2D eigenvalue weighted by molar-refractivity contribution is -0.134. The molecule has 4 heteroatoms. The van der Waals surface area contributed by atoms with E-state index in [-0.39, 0.29) is 5.57 Å². The van der Waals surface area contributed by atoms with Crippen LogP contribution in [0.15, 0.2) is 23.8 Å². The van der Waals surface area contributed by atoms with E-state index in [1.54, 1.807) is 6.08 Å². The molecule has 2 atom stereocenters. The summed E-state index contributed by atoms with van der Waals surface area (Å²) in [6.45, 7) is 10.00. The minimum atomic E-state index is -1.04. The molecule has 2 unspecified atom stereocenters. The number of carbonyl (C=O) groups is 2. The molecular weight excluding hydrogens is 304 g/mol. The Morgan fingerprint density at radius 1 is 1.00 bits per heavy atom. The molecule has 0 aliphatic heterocycles. The van der Waals surface area contributed by atoms with Crippen LogP contribution in [0.2, 0.25) is 0 Å². The van der Waals surface area contributed by atoms with Gasteiger partial charge in [0.1, 0.15) is 0 Å². The van der Waals surface area contributed by atoms with Crippen molar-refractivity contribution in [1.29, 1.82) is 0 Å². The van der Waals surface area contributed by atoms with Crippen LogP contribution in [-0.2, 0) is 9.59 Å². The maximum absolute atomic E-state index is 11.5. The van der Waals surface area contributed by atoms with Crippen molar-refractivity contribution < 1.29 is 19.8 Å². The van der Waals surface area contributed by atoms with E-state index in [0.717, 1.165) is 44.9 Å². The molecule has 0 heterocycles. The maximum atomic E-state index is 11.5. The molecule has 0 aromatic rings. The minimum Gasteiger partial charge on any atom is -0.478 e. The molecule has 0 fully saturated rings. The summed E-state index contributed by atoms with van der Waals surface area (Å²) < 4.78 is 0. The van der Waals surface area contributed by atoms with Crippen LogP contribution in [0.5, 0.6) is 0 Å². The van der Waals surface area contributed by atoms with Gasteiger partial charge in [-0.05, 0) is 25.2 Å². The van der Waals surface area contributed by atoms with Gasteiger partial charge in [-0.2, -0.15) is 0 Å². The Kier molecular flexibility index (Phi) is 12.0. The van der Waals surface area contributed by atoms with Gasteiger partial charge in [-0.25, -0.2) is 9.59 Å².